The fourth-order valence-electron chi connectivity index (χ4n) is 5.55. The molecule has 0 aliphatic heterocycles. The van der Waals surface area contributed by atoms with Crippen molar-refractivity contribution in [2.75, 3.05) is 23.8 Å². The molecule has 2 amide bonds. The third-order valence-corrected chi connectivity index (χ3v) is 8.43. The molecule has 2 N–H and O–H groups in total. The molecule has 2 rings (SSSR count). The minimum atomic E-state index is -0.538. The van der Waals surface area contributed by atoms with E-state index in [2.05, 4.69) is 30.4 Å². The summed E-state index contributed by atoms with van der Waals surface area (Å²) >= 11 is 0. The van der Waals surface area contributed by atoms with Crippen molar-refractivity contribution < 1.29 is 23.9 Å². The van der Waals surface area contributed by atoms with Crippen LogP contribution in [0.5, 0.6) is 0 Å². The van der Waals surface area contributed by atoms with Crippen molar-refractivity contribution in [1.29, 1.82) is 0 Å². The summed E-state index contributed by atoms with van der Waals surface area (Å²) in [5.41, 5.74) is 1.90. The van der Waals surface area contributed by atoms with Crippen LogP contribution in [-0.2, 0) is 9.47 Å². The van der Waals surface area contributed by atoms with Gasteiger partial charge in [0.1, 0.15) is 0 Å². The van der Waals surface area contributed by atoms with Gasteiger partial charge in [-0.05, 0) is 55.3 Å². The highest BCUT2D eigenvalue weighted by Crippen LogP contribution is 2.19. The Balaban J connectivity index is 1.88. The first-order valence-electron chi connectivity index (χ1n) is 18.6. The van der Waals surface area contributed by atoms with E-state index in [-0.39, 0.29) is 16.8 Å². The van der Waals surface area contributed by atoms with E-state index in [1.807, 2.05) is 0 Å². The van der Waals surface area contributed by atoms with Crippen molar-refractivity contribution in [3.05, 3.63) is 59.2 Å². The summed E-state index contributed by atoms with van der Waals surface area (Å²) in [6.07, 6.45) is 29.2. The van der Waals surface area contributed by atoms with Gasteiger partial charge in [0.15, 0.2) is 0 Å². The molecule has 0 aromatic heterocycles. The Kier molecular flexibility index (Phi) is 22.0. The zero-order valence-electron chi connectivity index (χ0n) is 29.7. The lowest BCUT2D eigenvalue weighted by Gasteiger charge is -2.12. The maximum Gasteiger partial charge on any atom is 0.338 e. The topological polar surface area (TPSA) is 93.7 Å². The molecule has 48 heavy (non-hydrogen) atoms. The Morgan fingerprint density at radius 2 is 0.917 bits per heavy atom. The van der Waals surface area contributed by atoms with E-state index in [1.165, 1.54) is 108 Å². The van der Waals surface area contributed by atoms with Gasteiger partial charge in [0.25, 0.3) is 0 Å². The van der Waals surface area contributed by atoms with Crippen molar-refractivity contribution in [3.8, 4) is 12.3 Å². The summed E-state index contributed by atoms with van der Waals surface area (Å²) < 4.78 is 11.1. The molecule has 7 heteroatoms. The van der Waals surface area contributed by atoms with Gasteiger partial charge in [0.05, 0.1) is 24.3 Å². The Morgan fingerprint density at radius 1 is 0.542 bits per heavy atom. The van der Waals surface area contributed by atoms with Gasteiger partial charge < -0.3 is 20.1 Å². The standard InChI is InChI=1S/C41H60N2O5/c1-4-7-9-11-13-15-17-19-21-23-29-47-39(44)35-31-36(40(45)48-30-24-22-20-18-16-14-12-10-8-5-2)33-38(32-35)43-41(46)42-37-27-25-34(6-3)26-28-37/h3,25-28,31-33H,4-5,7-24,29-30H2,1-2H3,(H2,42,43,46). The van der Waals surface area contributed by atoms with Crippen LogP contribution in [0, 0.1) is 12.3 Å². The largest absolute Gasteiger partial charge is 0.462 e. The summed E-state index contributed by atoms with van der Waals surface area (Å²) in [4.78, 5) is 38.8. The molecule has 0 bridgehead atoms. The van der Waals surface area contributed by atoms with Gasteiger partial charge in [-0.2, -0.15) is 0 Å². The van der Waals surface area contributed by atoms with Crippen LogP contribution < -0.4 is 10.6 Å². The van der Waals surface area contributed by atoms with Crippen molar-refractivity contribution >= 4 is 29.3 Å². The predicted molar refractivity (Wildman–Crippen MR) is 198 cm³/mol. The lowest BCUT2D eigenvalue weighted by molar-refractivity contribution is 0.0496. The van der Waals surface area contributed by atoms with Gasteiger partial charge in [-0.3, -0.25) is 0 Å². The minimum absolute atomic E-state index is 0.184. The first kappa shape index (κ1) is 40.4. The average molecular weight is 661 g/mol. The number of carbonyl (C=O) groups is 3. The number of urea groups is 1. The normalized spacial score (nSPS) is 10.7. The maximum absolute atomic E-state index is 13.0. The van der Waals surface area contributed by atoms with Crippen LogP contribution in [0.15, 0.2) is 42.5 Å². The SMILES string of the molecule is C#Cc1ccc(NC(=O)Nc2cc(C(=O)OCCCCCCCCCCCC)cc(C(=O)OCCCCCCCCCCCC)c2)cc1. The summed E-state index contributed by atoms with van der Waals surface area (Å²) in [5, 5.41) is 5.47. The second-order valence-electron chi connectivity index (χ2n) is 12.7. The van der Waals surface area contributed by atoms with E-state index in [4.69, 9.17) is 15.9 Å². The van der Waals surface area contributed by atoms with Crippen molar-refractivity contribution in [2.45, 2.75) is 142 Å². The van der Waals surface area contributed by atoms with E-state index >= 15 is 0 Å². The number of amides is 2. The zero-order valence-corrected chi connectivity index (χ0v) is 29.7. The van der Waals surface area contributed by atoms with Gasteiger partial charge in [0, 0.05) is 16.9 Å². The number of carbonyl (C=O) groups excluding carboxylic acids is 3. The Morgan fingerprint density at radius 3 is 1.31 bits per heavy atom. The predicted octanol–water partition coefficient (Wildman–Crippen LogP) is 11.5. The van der Waals surface area contributed by atoms with Crippen LogP contribution in [0.4, 0.5) is 16.2 Å². The molecule has 7 nitrogen and oxygen atoms in total. The molecule has 0 spiro atoms. The summed E-state index contributed by atoms with van der Waals surface area (Å²) in [6.45, 7) is 5.08. The van der Waals surface area contributed by atoms with Gasteiger partial charge >= 0.3 is 18.0 Å². The number of anilines is 2. The molecule has 0 atom stereocenters. The Bertz CT molecular complexity index is 1180. The molecule has 264 valence electrons. The molecule has 0 radical (unpaired) electrons. The number of ether oxygens (including phenoxy) is 2. The monoisotopic (exact) mass is 660 g/mol. The fraction of sp³-hybridized carbons (Fsp3) is 0.585. The molecule has 2 aromatic carbocycles. The smallest absolute Gasteiger partial charge is 0.338 e. The number of terminal acetylenes is 1. The summed E-state index contributed by atoms with van der Waals surface area (Å²) in [6, 6.07) is 10.8. The Hall–Kier alpha value is -3.79. The molecule has 0 saturated carbocycles. The molecule has 0 saturated heterocycles. The van der Waals surface area contributed by atoms with Crippen molar-refractivity contribution in [3.63, 3.8) is 0 Å². The average Bonchev–Trinajstić information content (AvgIpc) is 3.09. The van der Waals surface area contributed by atoms with E-state index < -0.39 is 18.0 Å². The second kappa shape index (κ2) is 26.2. The van der Waals surface area contributed by atoms with Gasteiger partial charge in [-0.1, -0.05) is 135 Å². The molecule has 0 heterocycles. The van der Waals surface area contributed by atoms with Crippen LogP contribution in [0.25, 0.3) is 0 Å². The summed E-state index contributed by atoms with van der Waals surface area (Å²) in [5.74, 6) is 1.46. The number of nitrogens with one attached hydrogen (secondary N) is 2. The lowest BCUT2D eigenvalue weighted by atomic mass is 10.1. The van der Waals surface area contributed by atoms with Crippen molar-refractivity contribution in [1.82, 2.24) is 0 Å². The number of hydrogen-bond acceptors (Lipinski definition) is 5. The molecular weight excluding hydrogens is 600 g/mol. The van der Waals surface area contributed by atoms with E-state index in [0.717, 1.165) is 38.5 Å². The number of hydrogen-bond donors (Lipinski definition) is 2. The highest BCUT2D eigenvalue weighted by molar-refractivity contribution is 6.03. The number of benzene rings is 2. The highest BCUT2D eigenvalue weighted by atomic mass is 16.5. The molecule has 2 aromatic rings. The highest BCUT2D eigenvalue weighted by Gasteiger charge is 2.17. The Labute approximate surface area is 290 Å². The molecular formula is C41H60N2O5. The molecule has 0 aliphatic carbocycles. The van der Waals surface area contributed by atoms with Gasteiger partial charge in [0.2, 0.25) is 0 Å². The van der Waals surface area contributed by atoms with E-state index in [0.29, 0.717) is 24.5 Å². The second-order valence-corrected chi connectivity index (χ2v) is 12.7. The van der Waals surface area contributed by atoms with E-state index in [9.17, 15) is 14.4 Å². The first-order chi connectivity index (χ1) is 23.5. The lowest BCUT2D eigenvalue weighted by Crippen LogP contribution is -2.20. The van der Waals surface area contributed by atoms with Crippen LogP contribution in [0.3, 0.4) is 0 Å². The van der Waals surface area contributed by atoms with Crippen LogP contribution in [-0.4, -0.2) is 31.2 Å². The molecule has 0 aliphatic rings. The number of rotatable bonds is 26. The maximum atomic E-state index is 13.0. The van der Waals surface area contributed by atoms with Crippen LogP contribution >= 0.6 is 0 Å². The number of esters is 2. The fourth-order valence-corrected chi connectivity index (χ4v) is 5.55. The molecule has 0 unspecified atom stereocenters. The third kappa shape index (κ3) is 18.5. The van der Waals surface area contributed by atoms with Crippen molar-refractivity contribution in [2.24, 2.45) is 0 Å². The van der Waals surface area contributed by atoms with Gasteiger partial charge in [-0.15, -0.1) is 6.42 Å². The first-order valence-corrected chi connectivity index (χ1v) is 18.6. The zero-order chi connectivity index (χ0) is 34.7. The number of unbranched alkanes of at least 4 members (excludes halogenated alkanes) is 18. The van der Waals surface area contributed by atoms with Crippen LogP contribution in [0.2, 0.25) is 0 Å². The third-order valence-electron chi connectivity index (χ3n) is 8.43. The minimum Gasteiger partial charge on any atom is -0.462 e. The summed E-state index contributed by atoms with van der Waals surface area (Å²) in [7, 11) is 0. The van der Waals surface area contributed by atoms with E-state index in [1.54, 1.807) is 24.3 Å². The molecule has 0 fully saturated rings. The van der Waals surface area contributed by atoms with Crippen LogP contribution in [0.1, 0.15) is 169 Å². The quantitative estimate of drug-likeness (QED) is 0.0595. The van der Waals surface area contributed by atoms with Gasteiger partial charge in [-0.25, -0.2) is 14.4 Å².